The number of sulfonamides is 1. The predicted octanol–water partition coefficient (Wildman–Crippen LogP) is 1.89. The van der Waals surface area contributed by atoms with E-state index in [1.165, 1.54) is 28.6 Å². The molecule has 0 aliphatic carbocycles. The maximum Gasteiger partial charge on any atom is 0.243 e. The molecule has 0 amide bonds. The summed E-state index contributed by atoms with van der Waals surface area (Å²) >= 11 is 5.56. The summed E-state index contributed by atoms with van der Waals surface area (Å²) in [6, 6.07) is 13.9. The molecule has 11 heteroatoms. The molecule has 1 aromatic carbocycles. The van der Waals surface area contributed by atoms with E-state index in [0.29, 0.717) is 49.7 Å². The second kappa shape index (κ2) is 9.70. The van der Waals surface area contributed by atoms with Crippen LogP contribution in [0.3, 0.4) is 0 Å². The zero-order chi connectivity index (χ0) is 22.6. The summed E-state index contributed by atoms with van der Waals surface area (Å²) in [6.45, 7) is 3.15. The number of aromatic nitrogens is 4. The summed E-state index contributed by atoms with van der Waals surface area (Å²) in [7, 11) is -3.58. The molecule has 9 nitrogen and oxygen atoms in total. The number of rotatable bonds is 7. The molecule has 166 valence electrons. The second-order valence-electron chi connectivity index (χ2n) is 7.48. The largest absolute Gasteiger partial charge is 0.306 e. The fraction of sp³-hybridized carbons (Fsp3) is 0.333. The van der Waals surface area contributed by atoms with Crippen LogP contribution in [0.1, 0.15) is 11.3 Å². The van der Waals surface area contributed by atoms with Crippen LogP contribution in [0.15, 0.2) is 59.9 Å². The zero-order valence-electron chi connectivity index (χ0n) is 17.4. The Bertz CT molecular complexity index is 1250. The Hall–Kier alpha value is -2.91. The van der Waals surface area contributed by atoms with Crippen LogP contribution >= 0.6 is 12.2 Å². The third kappa shape index (κ3) is 4.94. The molecule has 3 aromatic rings. The molecule has 0 N–H and O–H groups in total. The van der Waals surface area contributed by atoms with Gasteiger partial charge in [0.25, 0.3) is 0 Å². The quantitative estimate of drug-likeness (QED) is 0.487. The van der Waals surface area contributed by atoms with Crippen LogP contribution in [0.25, 0.3) is 0 Å². The van der Waals surface area contributed by atoms with E-state index in [1.807, 2.05) is 28.8 Å². The molecule has 1 saturated heterocycles. The van der Waals surface area contributed by atoms with Crippen LogP contribution in [-0.4, -0.2) is 63.1 Å². The van der Waals surface area contributed by atoms with Crippen molar-refractivity contribution >= 4 is 22.2 Å². The molecule has 1 aliphatic rings. The summed E-state index contributed by atoms with van der Waals surface area (Å²) < 4.78 is 31.6. The van der Waals surface area contributed by atoms with E-state index >= 15 is 0 Å². The third-order valence-electron chi connectivity index (χ3n) is 5.42. The first-order valence-corrected chi connectivity index (χ1v) is 12.1. The van der Waals surface area contributed by atoms with Crippen molar-refractivity contribution in [2.75, 3.05) is 26.2 Å². The number of hydrogen-bond acceptors (Lipinski definition) is 7. The second-order valence-corrected chi connectivity index (χ2v) is 9.78. The molecule has 3 heterocycles. The standard InChI is InChI=1S/C21H23N7O2S2/c22-15-18-4-6-20(7-5-18)32(29,30)27-13-11-25(12-14-27)17-28-21(31)26(16-24-28)10-8-19-3-1-2-9-23-19/h1-7,9,16H,8,10-14,17H2. The fourth-order valence-corrected chi connectivity index (χ4v) is 5.22. The minimum Gasteiger partial charge on any atom is -0.306 e. The molecule has 0 bridgehead atoms. The van der Waals surface area contributed by atoms with E-state index in [-0.39, 0.29) is 4.90 Å². The Labute approximate surface area is 192 Å². The molecule has 0 spiro atoms. The number of aryl methyl sites for hydroxylation is 2. The van der Waals surface area contributed by atoms with Crippen molar-refractivity contribution in [3.63, 3.8) is 0 Å². The molecule has 0 atom stereocenters. The van der Waals surface area contributed by atoms with Gasteiger partial charge in [0.15, 0.2) is 4.77 Å². The monoisotopic (exact) mass is 469 g/mol. The first-order chi connectivity index (χ1) is 15.5. The highest BCUT2D eigenvalue weighted by atomic mass is 32.2. The van der Waals surface area contributed by atoms with Gasteiger partial charge in [-0.1, -0.05) is 6.07 Å². The van der Waals surface area contributed by atoms with E-state index in [2.05, 4.69) is 15.0 Å². The van der Waals surface area contributed by atoms with Gasteiger partial charge in [0.2, 0.25) is 10.0 Å². The van der Waals surface area contributed by atoms with Crippen LogP contribution in [0.4, 0.5) is 0 Å². The topological polar surface area (TPSA) is 100 Å². The number of nitriles is 1. The maximum absolute atomic E-state index is 12.9. The van der Waals surface area contributed by atoms with Gasteiger partial charge in [0.05, 0.1) is 23.2 Å². The Balaban J connectivity index is 1.33. The zero-order valence-corrected chi connectivity index (χ0v) is 19.0. The normalized spacial score (nSPS) is 15.5. The van der Waals surface area contributed by atoms with Gasteiger partial charge in [-0.05, 0) is 48.6 Å². The Morgan fingerprint density at radius 1 is 1.06 bits per heavy atom. The average Bonchev–Trinajstić information content (AvgIpc) is 3.17. The summed E-state index contributed by atoms with van der Waals surface area (Å²) in [4.78, 5) is 6.67. The summed E-state index contributed by atoms with van der Waals surface area (Å²) in [6.07, 6.45) is 4.28. The summed E-state index contributed by atoms with van der Waals surface area (Å²) in [5.74, 6) is 0. The Morgan fingerprint density at radius 3 is 2.47 bits per heavy atom. The highest BCUT2D eigenvalue weighted by Gasteiger charge is 2.28. The Morgan fingerprint density at radius 2 is 1.81 bits per heavy atom. The number of benzene rings is 1. The van der Waals surface area contributed by atoms with Gasteiger partial charge in [-0.15, -0.1) is 0 Å². The van der Waals surface area contributed by atoms with Gasteiger partial charge in [0, 0.05) is 51.0 Å². The van der Waals surface area contributed by atoms with E-state index in [9.17, 15) is 8.42 Å². The summed E-state index contributed by atoms with van der Waals surface area (Å²) in [5, 5.41) is 13.3. The van der Waals surface area contributed by atoms with E-state index in [4.69, 9.17) is 17.5 Å². The summed E-state index contributed by atoms with van der Waals surface area (Å²) in [5.41, 5.74) is 1.44. The number of nitrogens with zero attached hydrogens (tertiary/aromatic N) is 7. The lowest BCUT2D eigenvalue weighted by Gasteiger charge is -2.33. The molecule has 4 rings (SSSR count). The van der Waals surface area contributed by atoms with Crippen LogP contribution < -0.4 is 0 Å². The SMILES string of the molecule is N#Cc1ccc(S(=O)(=O)N2CCN(Cn3ncn(CCc4ccccn4)c3=S)CC2)cc1. The number of hydrogen-bond donors (Lipinski definition) is 0. The van der Waals surface area contributed by atoms with Gasteiger partial charge in [-0.2, -0.15) is 14.7 Å². The van der Waals surface area contributed by atoms with Crippen molar-refractivity contribution in [3.8, 4) is 6.07 Å². The highest BCUT2D eigenvalue weighted by Crippen LogP contribution is 2.18. The van der Waals surface area contributed by atoms with Gasteiger partial charge < -0.3 is 4.57 Å². The molecule has 0 saturated carbocycles. The lowest BCUT2D eigenvalue weighted by atomic mass is 10.2. The van der Waals surface area contributed by atoms with Gasteiger partial charge in [0.1, 0.15) is 6.33 Å². The van der Waals surface area contributed by atoms with E-state index in [1.54, 1.807) is 17.2 Å². The van der Waals surface area contributed by atoms with Gasteiger partial charge in [-0.3, -0.25) is 9.88 Å². The Kier molecular flexibility index (Phi) is 6.76. The first-order valence-electron chi connectivity index (χ1n) is 10.2. The maximum atomic E-state index is 12.9. The third-order valence-corrected chi connectivity index (χ3v) is 7.78. The lowest BCUT2D eigenvalue weighted by molar-refractivity contribution is 0.144. The molecular weight excluding hydrogens is 446 g/mol. The van der Waals surface area contributed by atoms with Crippen LogP contribution in [0.5, 0.6) is 0 Å². The van der Waals surface area contributed by atoms with Crippen LogP contribution in [-0.2, 0) is 29.7 Å². The van der Waals surface area contributed by atoms with Crippen molar-refractivity contribution in [1.29, 1.82) is 5.26 Å². The molecule has 32 heavy (non-hydrogen) atoms. The van der Waals surface area contributed by atoms with Gasteiger partial charge >= 0.3 is 0 Å². The van der Waals surface area contributed by atoms with Gasteiger partial charge in [-0.25, -0.2) is 13.1 Å². The van der Waals surface area contributed by atoms with Crippen molar-refractivity contribution in [2.24, 2.45) is 0 Å². The average molecular weight is 470 g/mol. The minimum atomic E-state index is -3.58. The van der Waals surface area contributed by atoms with Crippen LogP contribution in [0.2, 0.25) is 0 Å². The first kappa shape index (κ1) is 22.3. The highest BCUT2D eigenvalue weighted by molar-refractivity contribution is 7.89. The number of piperazine rings is 1. The molecule has 1 aliphatic heterocycles. The predicted molar refractivity (Wildman–Crippen MR) is 120 cm³/mol. The van der Waals surface area contributed by atoms with Crippen molar-refractivity contribution < 1.29 is 8.42 Å². The van der Waals surface area contributed by atoms with Crippen molar-refractivity contribution in [1.82, 2.24) is 28.5 Å². The molecule has 2 aromatic heterocycles. The lowest BCUT2D eigenvalue weighted by Crippen LogP contribution is -2.48. The molecular formula is C21H23N7O2S2. The molecule has 0 radical (unpaired) electrons. The van der Waals surface area contributed by atoms with Crippen molar-refractivity contribution in [2.45, 2.75) is 24.5 Å². The van der Waals surface area contributed by atoms with E-state index in [0.717, 1.165) is 12.1 Å². The minimum absolute atomic E-state index is 0.207. The van der Waals surface area contributed by atoms with Crippen LogP contribution in [0, 0.1) is 16.1 Å². The fourth-order valence-electron chi connectivity index (χ4n) is 3.55. The van der Waals surface area contributed by atoms with Crippen molar-refractivity contribution in [3.05, 3.63) is 71.0 Å². The smallest absolute Gasteiger partial charge is 0.243 e. The molecule has 0 unspecified atom stereocenters. The van der Waals surface area contributed by atoms with E-state index < -0.39 is 10.0 Å². The molecule has 1 fully saturated rings. The number of pyridine rings is 1.